The minimum atomic E-state index is -0.365. The lowest BCUT2D eigenvalue weighted by Crippen LogP contribution is -2.27. The van der Waals surface area contributed by atoms with E-state index in [-0.39, 0.29) is 11.7 Å². The van der Waals surface area contributed by atoms with Crippen LogP contribution in [0.3, 0.4) is 0 Å². The summed E-state index contributed by atoms with van der Waals surface area (Å²) in [6, 6.07) is 11.9. The quantitative estimate of drug-likeness (QED) is 0.486. The van der Waals surface area contributed by atoms with Gasteiger partial charge < -0.3 is 10.6 Å². The van der Waals surface area contributed by atoms with E-state index in [0.717, 1.165) is 11.4 Å². The van der Waals surface area contributed by atoms with E-state index in [2.05, 4.69) is 25.9 Å². The highest BCUT2D eigenvalue weighted by Crippen LogP contribution is 2.10. The molecule has 2 heterocycles. The largest absolute Gasteiger partial charge is 0.367 e. The Morgan fingerprint density at radius 3 is 2.64 bits per heavy atom. The molecule has 2 N–H and O–H groups in total. The van der Waals surface area contributed by atoms with E-state index in [9.17, 15) is 9.18 Å². The third kappa shape index (κ3) is 5.00. The Labute approximate surface area is 162 Å². The molecule has 0 saturated heterocycles. The number of aromatic nitrogens is 4. The predicted molar refractivity (Wildman–Crippen MR) is 106 cm³/mol. The molecule has 7 nitrogen and oxygen atoms in total. The lowest BCUT2D eigenvalue weighted by atomic mass is 10.2. The van der Waals surface area contributed by atoms with Crippen molar-refractivity contribution in [3.8, 4) is 5.82 Å². The summed E-state index contributed by atoms with van der Waals surface area (Å²) in [6.07, 6.45) is 2.75. The Hall–Kier alpha value is -3.55. The van der Waals surface area contributed by atoms with E-state index in [1.54, 1.807) is 28.9 Å². The smallest absolute Gasteiger partial charge is 0.244 e. The van der Waals surface area contributed by atoms with Crippen molar-refractivity contribution in [3.63, 3.8) is 0 Å². The van der Waals surface area contributed by atoms with Crippen LogP contribution in [0.2, 0.25) is 0 Å². The standard InChI is InChI=1S/C20H21FN6O/c1-14-13-15(2)27(26-14)19-9-8-18(24-25-19)22-11-12-23-20(28)10-7-16-5-3-4-6-17(16)21/h3-10,13H,11-12H2,1-2H3,(H,22,24)(H,23,28)/b10-7+. The third-order valence-electron chi connectivity index (χ3n) is 3.93. The number of aryl methyl sites for hydroxylation is 2. The highest BCUT2D eigenvalue weighted by atomic mass is 19.1. The van der Waals surface area contributed by atoms with Gasteiger partial charge in [0.1, 0.15) is 11.6 Å². The van der Waals surface area contributed by atoms with Gasteiger partial charge in [-0.25, -0.2) is 9.07 Å². The Morgan fingerprint density at radius 1 is 1.14 bits per heavy atom. The van der Waals surface area contributed by atoms with Gasteiger partial charge in [0.05, 0.1) is 5.69 Å². The molecule has 3 rings (SSSR count). The fourth-order valence-corrected chi connectivity index (χ4v) is 2.60. The van der Waals surface area contributed by atoms with E-state index < -0.39 is 0 Å². The molecule has 0 atom stereocenters. The Morgan fingerprint density at radius 2 is 1.96 bits per heavy atom. The number of halogens is 1. The number of amides is 1. The molecule has 3 aromatic rings. The molecule has 8 heteroatoms. The molecule has 28 heavy (non-hydrogen) atoms. The second kappa shape index (κ2) is 8.90. The maximum absolute atomic E-state index is 13.5. The molecule has 144 valence electrons. The van der Waals surface area contributed by atoms with E-state index in [4.69, 9.17) is 0 Å². The van der Waals surface area contributed by atoms with Crippen LogP contribution < -0.4 is 10.6 Å². The SMILES string of the molecule is Cc1cc(C)n(-c2ccc(NCCNC(=O)/C=C/c3ccccc3F)nn2)n1. The molecule has 2 aromatic heterocycles. The van der Waals surface area contributed by atoms with Gasteiger partial charge in [-0.15, -0.1) is 10.2 Å². The molecule has 0 fully saturated rings. The highest BCUT2D eigenvalue weighted by molar-refractivity contribution is 5.91. The molecule has 0 aliphatic rings. The Balaban J connectivity index is 1.44. The van der Waals surface area contributed by atoms with Gasteiger partial charge in [0.25, 0.3) is 0 Å². The van der Waals surface area contributed by atoms with E-state index in [1.807, 2.05) is 26.0 Å². The average molecular weight is 380 g/mol. The molecule has 0 bridgehead atoms. The van der Waals surface area contributed by atoms with Gasteiger partial charge in [-0.2, -0.15) is 5.10 Å². The fourth-order valence-electron chi connectivity index (χ4n) is 2.60. The van der Waals surface area contributed by atoms with Crippen molar-refractivity contribution in [2.24, 2.45) is 0 Å². The highest BCUT2D eigenvalue weighted by Gasteiger charge is 2.05. The predicted octanol–water partition coefficient (Wildman–Crippen LogP) is 2.66. The number of nitrogens with zero attached hydrogens (tertiary/aromatic N) is 4. The maximum Gasteiger partial charge on any atom is 0.244 e. The first-order valence-electron chi connectivity index (χ1n) is 8.84. The third-order valence-corrected chi connectivity index (χ3v) is 3.93. The van der Waals surface area contributed by atoms with Crippen LogP contribution in [0, 0.1) is 19.7 Å². The number of rotatable bonds is 7. The lowest BCUT2D eigenvalue weighted by molar-refractivity contribution is -0.116. The number of nitrogens with one attached hydrogen (secondary N) is 2. The Kier molecular flexibility index (Phi) is 6.11. The summed E-state index contributed by atoms with van der Waals surface area (Å²) in [5.74, 6) is 0.580. The van der Waals surface area contributed by atoms with Gasteiger partial charge in [-0.3, -0.25) is 4.79 Å². The van der Waals surface area contributed by atoms with E-state index in [0.29, 0.717) is 30.3 Å². The zero-order chi connectivity index (χ0) is 19.9. The van der Waals surface area contributed by atoms with Crippen molar-refractivity contribution < 1.29 is 9.18 Å². The van der Waals surface area contributed by atoms with Crippen molar-refractivity contribution >= 4 is 17.8 Å². The molecule has 0 unspecified atom stereocenters. The van der Waals surface area contributed by atoms with Crippen molar-refractivity contribution in [1.29, 1.82) is 0 Å². The first-order valence-corrected chi connectivity index (χ1v) is 8.84. The maximum atomic E-state index is 13.5. The van der Waals surface area contributed by atoms with Crippen LogP contribution in [-0.4, -0.2) is 39.0 Å². The molecular weight excluding hydrogens is 359 g/mol. The summed E-state index contributed by atoms with van der Waals surface area (Å²) in [5, 5.41) is 18.4. The normalized spacial score (nSPS) is 11.0. The Bertz CT molecular complexity index is 981. The van der Waals surface area contributed by atoms with Crippen LogP contribution in [0.5, 0.6) is 0 Å². The van der Waals surface area contributed by atoms with Gasteiger partial charge in [0, 0.05) is 30.4 Å². The molecule has 0 aliphatic heterocycles. The first-order chi connectivity index (χ1) is 13.5. The number of benzene rings is 1. The topological polar surface area (TPSA) is 84.7 Å². The first kappa shape index (κ1) is 19.2. The summed E-state index contributed by atoms with van der Waals surface area (Å²) in [4.78, 5) is 11.8. The zero-order valence-corrected chi connectivity index (χ0v) is 15.7. The fraction of sp³-hybridized carbons (Fsp3) is 0.200. The second-order valence-corrected chi connectivity index (χ2v) is 6.19. The van der Waals surface area contributed by atoms with Crippen LogP contribution >= 0.6 is 0 Å². The molecule has 0 saturated carbocycles. The minimum Gasteiger partial charge on any atom is -0.367 e. The average Bonchev–Trinajstić information content (AvgIpc) is 3.03. The molecule has 0 spiro atoms. The lowest BCUT2D eigenvalue weighted by Gasteiger charge is -2.07. The van der Waals surface area contributed by atoms with Crippen LogP contribution in [0.15, 0.2) is 48.5 Å². The van der Waals surface area contributed by atoms with E-state index in [1.165, 1.54) is 18.2 Å². The summed E-state index contributed by atoms with van der Waals surface area (Å²) in [5.41, 5.74) is 2.27. The summed E-state index contributed by atoms with van der Waals surface area (Å²) in [7, 11) is 0. The summed E-state index contributed by atoms with van der Waals surface area (Å²) >= 11 is 0. The second-order valence-electron chi connectivity index (χ2n) is 6.19. The molecule has 0 aliphatic carbocycles. The van der Waals surface area contributed by atoms with Crippen LogP contribution in [0.1, 0.15) is 17.0 Å². The molecular formula is C20H21FN6O. The van der Waals surface area contributed by atoms with Crippen LogP contribution in [0.25, 0.3) is 11.9 Å². The zero-order valence-electron chi connectivity index (χ0n) is 15.7. The van der Waals surface area contributed by atoms with E-state index >= 15 is 0 Å². The monoisotopic (exact) mass is 380 g/mol. The van der Waals surface area contributed by atoms with Gasteiger partial charge >= 0.3 is 0 Å². The molecule has 1 aromatic carbocycles. The number of hydrogen-bond donors (Lipinski definition) is 2. The molecule has 0 radical (unpaired) electrons. The van der Waals surface area contributed by atoms with Gasteiger partial charge in [-0.05, 0) is 44.2 Å². The number of carbonyl (C=O) groups is 1. The molecule has 1 amide bonds. The van der Waals surface area contributed by atoms with Crippen molar-refractivity contribution in [1.82, 2.24) is 25.3 Å². The number of anilines is 1. The van der Waals surface area contributed by atoms with Gasteiger partial charge in [0.15, 0.2) is 5.82 Å². The van der Waals surface area contributed by atoms with Crippen molar-refractivity contribution in [2.45, 2.75) is 13.8 Å². The van der Waals surface area contributed by atoms with Gasteiger partial charge in [-0.1, -0.05) is 18.2 Å². The number of hydrogen-bond acceptors (Lipinski definition) is 5. The van der Waals surface area contributed by atoms with Gasteiger partial charge in [0.2, 0.25) is 5.91 Å². The van der Waals surface area contributed by atoms with Crippen LogP contribution in [0.4, 0.5) is 10.2 Å². The van der Waals surface area contributed by atoms with Crippen molar-refractivity contribution in [2.75, 3.05) is 18.4 Å². The minimum absolute atomic E-state index is 0.295. The summed E-state index contributed by atoms with van der Waals surface area (Å²) < 4.78 is 15.2. The van der Waals surface area contributed by atoms with Crippen molar-refractivity contribution in [3.05, 3.63) is 71.3 Å². The number of carbonyl (C=O) groups excluding carboxylic acids is 1. The van der Waals surface area contributed by atoms with Crippen LogP contribution in [-0.2, 0) is 4.79 Å². The summed E-state index contributed by atoms with van der Waals surface area (Å²) in [6.45, 7) is 4.75.